The first-order valence-electron chi connectivity index (χ1n) is 8.77. The molecule has 4 nitrogen and oxygen atoms in total. The number of anilines is 1. The van der Waals surface area contributed by atoms with Crippen molar-refractivity contribution in [1.29, 1.82) is 0 Å². The summed E-state index contributed by atoms with van der Waals surface area (Å²) >= 11 is 3.52. The predicted molar refractivity (Wildman–Crippen MR) is 111 cm³/mol. The van der Waals surface area contributed by atoms with Crippen LogP contribution in [0.15, 0.2) is 52.6 Å². The molecule has 2 aromatic rings. The molecule has 0 N–H and O–H groups in total. The van der Waals surface area contributed by atoms with Crippen LogP contribution in [0.4, 0.5) is 5.69 Å². The minimum absolute atomic E-state index is 0.872. The number of benzene rings is 2. The summed E-state index contributed by atoms with van der Waals surface area (Å²) in [5.74, 6) is 1.78. The summed E-state index contributed by atoms with van der Waals surface area (Å²) in [5, 5.41) is 0. The molecular formula is C21H25BrN2O2. The van der Waals surface area contributed by atoms with Gasteiger partial charge in [-0.25, -0.2) is 0 Å². The highest BCUT2D eigenvalue weighted by Crippen LogP contribution is 2.30. The van der Waals surface area contributed by atoms with E-state index in [-0.39, 0.29) is 0 Å². The zero-order valence-corrected chi connectivity index (χ0v) is 17.1. The highest BCUT2D eigenvalue weighted by molar-refractivity contribution is 9.10. The molecule has 5 heteroatoms. The van der Waals surface area contributed by atoms with Crippen molar-refractivity contribution in [2.45, 2.75) is 6.92 Å². The third kappa shape index (κ3) is 4.15. The largest absolute Gasteiger partial charge is 0.496 e. The third-order valence-electron chi connectivity index (χ3n) is 4.78. The van der Waals surface area contributed by atoms with E-state index in [9.17, 15) is 0 Å². The van der Waals surface area contributed by atoms with Crippen molar-refractivity contribution in [3.63, 3.8) is 0 Å². The molecule has 138 valence electrons. The van der Waals surface area contributed by atoms with Gasteiger partial charge in [0.05, 0.1) is 18.7 Å². The minimum atomic E-state index is 0.872. The van der Waals surface area contributed by atoms with E-state index in [2.05, 4.69) is 56.9 Å². The van der Waals surface area contributed by atoms with Gasteiger partial charge in [-0.15, -0.1) is 0 Å². The molecule has 3 rings (SSSR count). The van der Waals surface area contributed by atoms with Gasteiger partial charge < -0.3 is 19.3 Å². The molecule has 0 aromatic heterocycles. The molecule has 0 atom stereocenters. The maximum absolute atomic E-state index is 5.45. The normalized spacial score (nSPS) is 15.2. The standard InChI is InChI=1S/C21H25BrN2O2/c1-16(14-17-6-4-5-7-20(17)25-2)23-10-12-24(13-11-23)18-8-9-19(22)21(15-18)26-3/h4-9,14-15H,10-13H2,1-3H3. The topological polar surface area (TPSA) is 24.9 Å². The van der Waals surface area contributed by atoms with Gasteiger partial charge in [0.2, 0.25) is 0 Å². The Labute approximate surface area is 164 Å². The van der Waals surface area contributed by atoms with Crippen LogP contribution in [-0.4, -0.2) is 45.3 Å². The molecule has 1 fully saturated rings. The fourth-order valence-electron chi connectivity index (χ4n) is 3.26. The quantitative estimate of drug-likeness (QED) is 0.707. The van der Waals surface area contributed by atoms with Crippen molar-refractivity contribution in [2.75, 3.05) is 45.3 Å². The van der Waals surface area contributed by atoms with Crippen LogP contribution in [0.1, 0.15) is 12.5 Å². The van der Waals surface area contributed by atoms with Crippen LogP contribution < -0.4 is 14.4 Å². The Morgan fingerprint density at radius 2 is 1.65 bits per heavy atom. The lowest BCUT2D eigenvalue weighted by Crippen LogP contribution is -2.45. The Hall–Kier alpha value is -2.14. The molecule has 1 aliphatic rings. The second-order valence-electron chi connectivity index (χ2n) is 6.32. The fraction of sp³-hybridized carbons (Fsp3) is 0.333. The smallest absolute Gasteiger partial charge is 0.135 e. The van der Waals surface area contributed by atoms with E-state index in [1.807, 2.05) is 24.3 Å². The number of ether oxygens (including phenoxy) is 2. The van der Waals surface area contributed by atoms with Gasteiger partial charge in [0, 0.05) is 49.2 Å². The van der Waals surface area contributed by atoms with Crippen molar-refractivity contribution < 1.29 is 9.47 Å². The highest BCUT2D eigenvalue weighted by atomic mass is 79.9. The van der Waals surface area contributed by atoms with Gasteiger partial charge in [0.15, 0.2) is 0 Å². The number of nitrogens with zero attached hydrogens (tertiary/aromatic N) is 2. The maximum atomic E-state index is 5.45. The van der Waals surface area contributed by atoms with Crippen LogP contribution in [-0.2, 0) is 0 Å². The Kier molecular flexibility index (Phi) is 6.09. The van der Waals surface area contributed by atoms with Crippen molar-refractivity contribution in [1.82, 2.24) is 4.90 Å². The molecule has 0 radical (unpaired) electrons. The molecule has 1 heterocycles. The van der Waals surface area contributed by atoms with Gasteiger partial charge in [-0.1, -0.05) is 18.2 Å². The number of rotatable bonds is 5. The number of halogens is 1. The number of piperazine rings is 1. The molecule has 1 saturated heterocycles. The molecule has 0 aliphatic carbocycles. The van der Waals surface area contributed by atoms with E-state index in [1.165, 1.54) is 11.4 Å². The number of methoxy groups -OCH3 is 2. The molecule has 0 amide bonds. The molecular weight excluding hydrogens is 392 g/mol. The Morgan fingerprint density at radius 3 is 2.35 bits per heavy atom. The van der Waals surface area contributed by atoms with Crippen molar-refractivity contribution in [3.05, 3.63) is 58.2 Å². The van der Waals surface area contributed by atoms with Gasteiger partial charge in [0.25, 0.3) is 0 Å². The number of para-hydroxylation sites is 1. The average molecular weight is 417 g/mol. The van der Waals surface area contributed by atoms with Gasteiger partial charge in [-0.3, -0.25) is 0 Å². The second-order valence-corrected chi connectivity index (χ2v) is 7.17. The first-order valence-corrected chi connectivity index (χ1v) is 9.56. The molecule has 1 aliphatic heterocycles. The summed E-state index contributed by atoms with van der Waals surface area (Å²) in [7, 11) is 3.42. The summed E-state index contributed by atoms with van der Waals surface area (Å²) in [4.78, 5) is 4.83. The molecule has 26 heavy (non-hydrogen) atoms. The van der Waals surface area contributed by atoms with E-state index in [4.69, 9.17) is 9.47 Å². The van der Waals surface area contributed by atoms with Gasteiger partial charge >= 0.3 is 0 Å². The van der Waals surface area contributed by atoms with Gasteiger partial charge in [-0.2, -0.15) is 0 Å². The van der Waals surface area contributed by atoms with Gasteiger partial charge in [-0.05, 0) is 47.1 Å². The maximum Gasteiger partial charge on any atom is 0.135 e. The Balaban J connectivity index is 1.67. The molecule has 0 unspecified atom stereocenters. The van der Waals surface area contributed by atoms with Crippen LogP contribution in [0.2, 0.25) is 0 Å². The molecule has 2 aromatic carbocycles. The lowest BCUT2D eigenvalue weighted by Gasteiger charge is -2.38. The highest BCUT2D eigenvalue weighted by Gasteiger charge is 2.18. The number of allylic oxidation sites excluding steroid dienone is 1. The average Bonchev–Trinajstić information content (AvgIpc) is 2.69. The van der Waals surface area contributed by atoms with Crippen LogP contribution in [0.5, 0.6) is 11.5 Å². The van der Waals surface area contributed by atoms with Crippen LogP contribution in [0, 0.1) is 0 Å². The Bertz CT molecular complexity index is 783. The van der Waals surface area contributed by atoms with E-state index < -0.39 is 0 Å². The zero-order valence-electron chi connectivity index (χ0n) is 15.5. The lowest BCUT2D eigenvalue weighted by atomic mass is 10.1. The molecule has 0 spiro atoms. The monoisotopic (exact) mass is 416 g/mol. The summed E-state index contributed by atoms with van der Waals surface area (Å²) in [5.41, 5.74) is 3.59. The van der Waals surface area contributed by atoms with E-state index in [0.717, 1.165) is 47.7 Å². The van der Waals surface area contributed by atoms with Crippen molar-refractivity contribution in [3.8, 4) is 11.5 Å². The SMILES string of the molecule is COc1cc(N2CCN(C(C)=Cc3ccccc3OC)CC2)ccc1Br. The summed E-state index contributed by atoms with van der Waals surface area (Å²) in [6.07, 6.45) is 2.21. The summed E-state index contributed by atoms with van der Waals surface area (Å²) in [6, 6.07) is 14.4. The lowest BCUT2D eigenvalue weighted by molar-refractivity contribution is 0.324. The number of hydrogen-bond acceptors (Lipinski definition) is 4. The van der Waals surface area contributed by atoms with Crippen molar-refractivity contribution in [2.24, 2.45) is 0 Å². The van der Waals surface area contributed by atoms with Crippen LogP contribution >= 0.6 is 15.9 Å². The molecule has 0 bridgehead atoms. The first kappa shape index (κ1) is 18.6. The van der Waals surface area contributed by atoms with Crippen molar-refractivity contribution >= 4 is 27.7 Å². The zero-order chi connectivity index (χ0) is 18.5. The first-order chi connectivity index (χ1) is 12.6. The molecule has 0 saturated carbocycles. The van der Waals surface area contributed by atoms with E-state index >= 15 is 0 Å². The van der Waals surface area contributed by atoms with Crippen LogP contribution in [0.25, 0.3) is 6.08 Å². The fourth-order valence-corrected chi connectivity index (χ4v) is 3.67. The Morgan fingerprint density at radius 1 is 0.962 bits per heavy atom. The van der Waals surface area contributed by atoms with Crippen LogP contribution in [0.3, 0.4) is 0 Å². The summed E-state index contributed by atoms with van der Waals surface area (Å²) in [6.45, 7) is 6.14. The van der Waals surface area contributed by atoms with E-state index in [1.54, 1.807) is 14.2 Å². The van der Waals surface area contributed by atoms with E-state index in [0.29, 0.717) is 0 Å². The van der Waals surface area contributed by atoms with Gasteiger partial charge in [0.1, 0.15) is 11.5 Å². The number of hydrogen-bond donors (Lipinski definition) is 0. The predicted octanol–water partition coefficient (Wildman–Crippen LogP) is 4.65. The second kappa shape index (κ2) is 8.49. The third-order valence-corrected chi connectivity index (χ3v) is 5.44. The minimum Gasteiger partial charge on any atom is -0.496 e. The summed E-state index contributed by atoms with van der Waals surface area (Å²) < 4.78 is 11.9.